The first-order valence-electron chi connectivity index (χ1n) is 9.40. The number of carbonyl (C=O) groups is 2. The number of esters is 1. The predicted molar refractivity (Wildman–Crippen MR) is 110 cm³/mol. The average molecular weight is 448 g/mol. The average Bonchev–Trinajstić information content (AvgIpc) is 3.13. The Bertz CT molecular complexity index is 1190. The van der Waals surface area contributed by atoms with Crippen LogP contribution in [-0.4, -0.2) is 45.0 Å². The van der Waals surface area contributed by atoms with Gasteiger partial charge < -0.3 is 15.2 Å². The third kappa shape index (κ3) is 5.42. The van der Waals surface area contributed by atoms with Gasteiger partial charge in [0.1, 0.15) is 17.1 Å². The number of amides is 1. The SMILES string of the molecule is C=C(O)c1cccc(C(=O)Nc2cc3cn(CCCC(F)(F)F)nc3cc2C(=O)OC)n1. The van der Waals surface area contributed by atoms with Crippen molar-refractivity contribution in [3.8, 4) is 0 Å². The molecule has 0 radical (unpaired) electrons. The number of aromatic nitrogens is 3. The van der Waals surface area contributed by atoms with Crippen molar-refractivity contribution in [1.29, 1.82) is 0 Å². The standard InChI is InChI=1S/C21H19F3N4O4/c1-12(29)15-5-3-6-16(25-15)19(30)26-18-9-13-11-28(8-4-7-21(22,23)24)27-17(13)10-14(18)20(31)32-2/h3,5-6,9-11,29H,1,4,7-8H2,2H3,(H,26,30). The highest BCUT2D eigenvalue weighted by Crippen LogP contribution is 2.26. The number of aryl methyl sites for hydroxylation is 1. The molecule has 168 valence electrons. The molecule has 0 bridgehead atoms. The van der Waals surface area contributed by atoms with E-state index in [1.165, 1.54) is 48.3 Å². The maximum absolute atomic E-state index is 12.7. The number of anilines is 1. The van der Waals surface area contributed by atoms with E-state index in [9.17, 15) is 27.9 Å². The molecule has 1 amide bonds. The van der Waals surface area contributed by atoms with Crippen molar-refractivity contribution in [2.75, 3.05) is 12.4 Å². The zero-order valence-corrected chi connectivity index (χ0v) is 16.9. The van der Waals surface area contributed by atoms with Crippen LogP contribution in [0.5, 0.6) is 0 Å². The molecule has 32 heavy (non-hydrogen) atoms. The maximum atomic E-state index is 12.7. The Morgan fingerprint density at radius 3 is 2.62 bits per heavy atom. The fraction of sp³-hybridized carbons (Fsp3) is 0.238. The lowest BCUT2D eigenvalue weighted by molar-refractivity contribution is -0.136. The highest BCUT2D eigenvalue weighted by atomic mass is 19.4. The van der Waals surface area contributed by atoms with Gasteiger partial charge in [-0.05, 0) is 30.7 Å². The van der Waals surface area contributed by atoms with Gasteiger partial charge in [0.25, 0.3) is 5.91 Å². The number of aliphatic hydroxyl groups is 1. The number of aliphatic hydroxyl groups excluding tert-OH is 1. The molecule has 0 saturated heterocycles. The lowest BCUT2D eigenvalue weighted by Gasteiger charge is -2.10. The van der Waals surface area contributed by atoms with Crippen molar-refractivity contribution in [3.05, 3.63) is 60.1 Å². The zero-order chi connectivity index (χ0) is 23.5. The lowest BCUT2D eigenvalue weighted by atomic mass is 10.1. The van der Waals surface area contributed by atoms with E-state index in [2.05, 4.69) is 22.0 Å². The van der Waals surface area contributed by atoms with Gasteiger partial charge in [-0.25, -0.2) is 9.78 Å². The van der Waals surface area contributed by atoms with Gasteiger partial charge in [0.2, 0.25) is 0 Å². The molecule has 3 rings (SSSR count). The Balaban J connectivity index is 1.90. The van der Waals surface area contributed by atoms with Crippen molar-refractivity contribution in [1.82, 2.24) is 14.8 Å². The third-order valence-electron chi connectivity index (χ3n) is 4.47. The summed E-state index contributed by atoms with van der Waals surface area (Å²) in [6, 6.07) is 7.25. The van der Waals surface area contributed by atoms with E-state index in [-0.39, 0.29) is 41.4 Å². The Kier molecular flexibility index (Phi) is 6.47. The van der Waals surface area contributed by atoms with E-state index in [4.69, 9.17) is 4.74 Å². The molecule has 0 atom stereocenters. The number of alkyl halides is 3. The summed E-state index contributed by atoms with van der Waals surface area (Å²) in [5.74, 6) is -1.70. The van der Waals surface area contributed by atoms with Crippen LogP contribution in [-0.2, 0) is 11.3 Å². The fourth-order valence-corrected chi connectivity index (χ4v) is 2.97. The normalized spacial score (nSPS) is 11.4. The van der Waals surface area contributed by atoms with Crippen LogP contribution in [0.25, 0.3) is 16.7 Å². The topological polar surface area (TPSA) is 106 Å². The summed E-state index contributed by atoms with van der Waals surface area (Å²) in [5, 5.41) is 16.8. The van der Waals surface area contributed by atoms with Gasteiger partial charge in [-0.3, -0.25) is 9.48 Å². The number of fused-ring (bicyclic) bond motifs is 1. The van der Waals surface area contributed by atoms with Crippen LogP contribution in [0, 0.1) is 0 Å². The Morgan fingerprint density at radius 1 is 1.25 bits per heavy atom. The Morgan fingerprint density at radius 2 is 1.97 bits per heavy atom. The molecule has 0 aliphatic carbocycles. The number of hydrogen-bond donors (Lipinski definition) is 2. The number of pyridine rings is 1. The monoisotopic (exact) mass is 448 g/mol. The van der Waals surface area contributed by atoms with Crippen LogP contribution in [0.4, 0.5) is 18.9 Å². The van der Waals surface area contributed by atoms with E-state index in [1.807, 2.05) is 0 Å². The first kappa shape index (κ1) is 22.8. The molecule has 0 aliphatic rings. The molecule has 0 spiro atoms. The summed E-state index contributed by atoms with van der Waals surface area (Å²) in [6.07, 6.45) is -3.82. The second kappa shape index (κ2) is 9.08. The summed E-state index contributed by atoms with van der Waals surface area (Å²) >= 11 is 0. The first-order chi connectivity index (χ1) is 15.1. The van der Waals surface area contributed by atoms with Crippen molar-refractivity contribution < 1.29 is 32.6 Å². The van der Waals surface area contributed by atoms with Gasteiger partial charge in [0.15, 0.2) is 0 Å². The van der Waals surface area contributed by atoms with Crippen LogP contribution >= 0.6 is 0 Å². The van der Waals surface area contributed by atoms with Gasteiger partial charge in [0.05, 0.1) is 23.9 Å². The van der Waals surface area contributed by atoms with Crippen molar-refractivity contribution in [2.24, 2.45) is 0 Å². The summed E-state index contributed by atoms with van der Waals surface area (Å²) in [4.78, 5) is 28.9. The summed E-state index contributed by atoms with van der Waals surface area (Å²) in [7, 11) is 1.17. The summed E-state index contributed by atoms with van der Waals surface area (Å²) in [6.45, 7) is 3.39. The molecule has 8 nitrogen and oxygen atoms in total. The van der Waals surface area contributed by atoms with Crippen LogP contribution < -0.4 is 5.32 Å². The molecule has 11 heteroatoms. The van der Waals surface area contributed by atoms with Crippen LogP contribution in [0.1, 0.15) is 39.4 Å². The highest BCUT2D eigenvalue weighted by molar-refractivity contribution is 6.09. The zero-order valence-electron chi connectivity index (χ0n) is 16.9. The number of nitrogens with one attached hydrogen (secondary N) is 1. The number of nitrogens with zero attached hydrogens (tertiary/aromatic N) is 3. The molecule has 2 N–H and O–H groups in total. The first-order valence-corrected chi connectivity index (χ1v) is 9.40. The van der Waals surface area contributed by atoms with Gasteiger partial charge >= 0.3 is 12.1 Å². The van der Waals surface area contributed by atoms with Crippen molar-refractivity contribution >= 4 is 34.2 Å². The van der Waals surface area contributed by atoms with E-state index < -0.39 is 24.5 Å². The van der Waals surface area contributed by atoms with Gasteiger partial charge in [0, 0.05) is 24.5 Å². The number of ether oxygens (including phenoxy) is 1. The van der Waals surface area contributed by atoms with Crippen LogP contribution in [0.15, 0.2) is 43.1 Å². The Labute approximate surface area is 180 Å². The van der Waals surface area contributed by atoms with Crippen LogP contribution in [0.2, 0.25) is 0 Å². The molecular weight excluding hydrogens is 429 g/mol. The maximum Gasteiger partial charge on any atom is 0.389 e. The summed E-state index contributed by atoms with van der Waals surface area (Å²) < 4.78 is 43.3. The largest absolute Gasteiger partial charge is 0.506 e. The lowest BCUT2D eigenvalue weighted by Crippen LogP contribution is -2.17. The van der Waals surface area contributed by atoms with E-state index in [0.717, 1.165) is 0 Å². The minimum Gasteiger partial charge on any atom is -0.506 e. The second-order valence-corrected chi connectivity index (χ2v) is 6.87. The van der Waals surface area contributed by atoms with E-state index in [0.29, 0.717) is 10.9 Å². The number of halogens is 3. The van der Waals surface area contributed by atoms with E-state index >= 15 is 0 Å². The minimum atomic E-state index is -4.25. The highest BCUT2D eigenvalue weighted by Gasteiger charge is 2.26. The number of benzene rings is 1. The smallest absolute Gasteiger partial charge is 0.389 e. The van der Waals surface area contributed by atoms with Crippen molar-refractivity contribution in [3.63, 3.8) is 0 Å². The number of methoxy groups -OCH3 is 1. The molecular formula is C21H19F3N4O4. The van der Waals surface area contributed by atoms with Crippen LogP contribution in [0.3, 0.4) is 0 Å². The number of hydrogen-bond acceptors (Lipinski definition) is 6. The molecule has 0 aliphatic heterocycles. The second-order valence-electron chi connectivity index (χ2n) is 6.87. The molecule has 0 fully saturated rings. The molecule has 1 aromatic carbocycles. The molecule has 2 aromatic heterocycles. The number of carbonyl (C=O) groups excluding carboxylic acids is 2. The molecule has 3 aromatic rings. The number of rotatable bonds is 7. The van der Waals surface area contributed by atoms with Gasteiger partial charge in [-0.1, -0.05) is 12.6 Å². The fourth-order valence-electron chi connectivity index (χ4n) is 2.97. The van der Waals surface area contributed by atoms with Gasteiger partial charge in [-0.15, -0.1) is 0 Å². The van der Waals surface area contributed by atoms with E-state index in [1.54, 1.807) is 0 Å². The van der Waals surface area contributed by atoms with Gasteiger partial charge in [-0.2, -0.15) is 18.3 Å². The molecule has 2 heterocycles. The van der Waals surface area contributed by atoms with Crippen molar-refractivity contribution in [2.45, 2.75) is 25.6 Å². The quantitative estimate of drug-likeness (QED) is 0.411. The molecule has 0 unspecified atom stereocenters. The minimum absolute atomic E-state index is 0.0108. The predicted octanol–water partition coefficient (Wildman–Crippen LogP) is 4.34. The third-order valence-corrected chi connectivity index (χ3v) is 4.47. The molecule has 0 saturated carbocycles. The summed E-state index contributed by atoms with van der Waals surface area (Å²) in [5.41, 5.74) is 0.556. The Hall–Kier alpha value is -3.89.